The van der Waals surface area contributed by atoms with Crippen LogP contribution in [0.25, 0.3) is 11.1 Å². The lowest BCUT2D eigenvalue weighted by atomic mass is 10.3. The molecule has 1 heterocycles. The van der Waals surface area contributed by atoms with Gasteiger partial charge in [-0.05, 0) is 36.4 Å². The monoisotopic (exact) mass is 316 g/mol. The van der Waals surface area contributed by atoms with Crippen molar-refractivity contribution < 1.29 is 13.9 Å². The van der Waals surface area contributed by atoms with Crippen molar-refractivity contribution in [2.24, 2.45) is 0 Å². The number of nitrogens with one attached hydrogen (secondary N) is 1. The molecule has 0 saturated heterocycles. The quantitative estimate of drug-likeness (QED) is 0.795. The SMILES string of the molecule is Cc1nc2cc(NC(=O)COc3cccc(Cl)c3)ccc2o1. The number of rotatable bonds is 4. The molecule has 1 aromatic heterocycles. The van der Waals surface area contributed by atoms with E-state index in [2.05, 4.69) is 10.3 Å². The molecule has 0 bridgehead atoms. The van der Waals surface area contributed by atoms with Gasteiger partial charge in [0.05, 0.1) is 0 Å². The molecular formula is C16H13ClN2O3. The molecule has 3 rings (SSSR count). The van der Waals surface area contributed by atoms with E-state index >= 15 is 0 Å². The predicted molar refractivity (Wildman–Crippen MR) is 84.3 cm³/mol. The van der Waals surface area contributed by atoms with Gasteiger partial charge in [-0.1, -0.05) is 17.7 Å². The lowest BCUT2D eigenvalue weighted by Crippen LogP contribution is -2.20. The minimum absolute atomic E-state index is 0.101. The number of ether oxygens (including phenoxy) is 1. The number of hydrogen-bond donors (Lipinski definition) is 1. The molecule has 22 heavy (non-hydrogen) atoms. The van der Waals surface area contributed by atoms with Crippen LogP contribution in [0.2, 0.25) is 5.02 Å². The Labute approximate surface area is 131 Å². The highest BCUT2D eigenvalue weighted by Crippen LogP contribution is 2.20. The molecule has 0 aliphatic carbocycles. The third kappa shape index (κ3) is 3.38. The summed E-state index contributed by atoms with van der Waals surface area (Å²) < 4.78 is 10.8. The number of amides is 1. The highest BCUT2D eigenvalue weighted by Gasteiger charge is 2.07. The lowest BCUT2D eigenvalue weighted by molar-refractivity contribution is -0.118. The molecule has 1 amide bonds. The Kier molecular flexibility index (Phi) is 3.98. The number of nitrogens with zero attached hydrogens (tertiary/aromatic N) is 1. The summed E-state index contributed by atoms with van der Waals surface area (Å²) in [5.41, 5.74) is 2.03. The largest absolute Gasteiger partial charge is 0.484 e. The zero-order valence-corrected chi connectivity index (χ0v) is 12.6. The number of aryl methyl sites for hydroxylation is 1. The molecule has 6 heteroatoms. The minimum Gasteiger partial charge on any atom is -0.484 e. The maximum absolute atomic E-state index is 11.9. The van der Waals surface area contributed by atoms with Crippen molar-refractivity contribution in [2.75, 3.05) is 11.9 Å². The van der Waals surface area contributed by atoms with Gasteiger partial charge in [-0.15, -0.1) is 0 Å². The molecule has 112 valence electrons. The Hall–Kier alpha value is -2.53. The normalized spacial score (nSPS) is 10.6. The van der Waals surface area contributed by atoms with E-state index in [1.807, 2.05) is 0 Å². The van der Waals surface area contributed by atoms with Gasteiger partial charge in [0.2, 0.25) is 0 Å². The number of carbonyl (C=O) groups is 1. The topological polar surface area (TPSA) is 64.4 Å². The van der Waals surface area contributed by atoms with Crippen LogP contribution in [0.1, 0.15) is 5.89 Å². The Morgan fingerprint density at radius 2 is 2.18 bits per heavy atom. The molecule has 3 aromatic rings. The van der Waals surface area contributed by atoms with Crippen molar-refractivity contribution in [2.45, 2.75) is 6.92 Å². The number of anilines is 1. The van der Waals surface area contributed by atoms with Crippen molar-refractivity contribution in [3.63, 3.8) is 0 Å². The molecular weight excluding hydrogens is 304 g/mol. The van der Waals surface area contributed by atoms with Crippen LogP contribution in [0.15, 0.2) is 46.9 Å². The molecule has 2 aromatic carbocycles. The third-order valence-electron chi connectivity index (χ3n) is 2.94. The summed E-state index contributed by atoms with van der Waals surface area (Å²) in [6.45, 7) is 1.67. The van der Waals surface area contributed by atoms with Crippen LogP contribution in [0, 0.1) is 6.92 Å². The Morgan fingerprint density at radius 1 is 1.32 bits per heavy atom. The Morgan fingerprint density at radius 3 is 3.00 bits per heavy atom. The molecule has 0 fully saturated rings. The van der Waals surface area contributed by atoms with E-state index in [9.17, 15) is 4.79 Å². The van der Waals surface area contributed by atoms with Gasteiger partial charge in [0.1, 0.15) is 11.3 Å². The molecule has 0 aliphatic heterocycles. The first-order valence-electron chi connectivity index (χ1n) is 6.65. The van der Waals surface area contributed by atoms with Gasteiger partial charge in [-0.2, -0.15) is 0 Å². The summed E-state index contributed by atoms with van der Waals surface area (Å²) in [6.07, 6.45) is 0. The fourth-order valence-corrected chi connectivity index (χ4v) is 2.20. The van der Waals surface area contributed by atoms with Crippen molar-refractivity contribution in [3.8, 4) is 5.75 Å². The van der Waals surface area contributed by atoms with Gasteiger partial charge in [0.25, 0.3) is 5.91 Å². The van der Waals surface area contributed by atoms with E-state index in [0.29, 0.717) is 33.4 Å². The predicted octanol–water partition coefficient (Wildman–Crippen LogP) is 3.81. The maximum atomic E-state index is 11.9. The molecule has 1 N–H and O–H groups in total. The average Bonchev–Trinajstić information content (AvgIpc) is 2.84. The van der Waals surface area contributed by atoms with Crippen LogP contribution in [0.4, 0.5) is 5.69 Å². The molecule has 0 spiro atoms. The fraction of sp³-hybridized carbons (Fsp3) is 0.125. The first-order valence-corrected chi connectivity index (χ1v) is 7.03. The molecule has 0 aliphatic rings. The van der Waals surface area contributed by atoms with Crippen molar-refractivity contribution >= 4 is 34.3 Å². The zero-order chi connectivity index (χ0) is 15.5. The summed E-state index contributed by atoms with van der Waals surface area (Å²) >= 11 is 5.85. The number of oxazole rings is 1. The smallest absolute Gasteiger partial charge is 0.262 e. The van der Waals surface area contributed by atoms with E-state index in [4.69, 9.17) is 20.8 Å². The van der Waals surface area contributed by atoms with Crippen molar-refractivity contribution in [1.82, 2.24) is 4.98 Å². The van der Waals surface area contributed by atoms with Gasteiger partial charge >= 0.3 is 0 Å². The van der Waals surface area contributed by atoms with E-state index in [1.165, 1.54) is 0 Å². The number of hydrogen-bond acceptors (Lipinski definition) is 4. The van der Waals surface area contributed by atoms with Gasteiger partial charge in [0.15, 0.2) is 18.1 Å². The summed E-state index contributed by atoms with van der Waals surface area (Å²) in [5.74, 6) is 0.868. The lowest BCUT2D eigenvalue weighted by Gasteiger charge is -2.07. The second-order valence-corrected chi connectivity index (χ2v) is 5.15. The number of benzene rings is 2. The van der Waals surface area contributed by atoms with Crippen LogP contribution in [-0.2, 0) is 4.79 Å². The van der Waals surface area contributed by atoms with E-state index in [-0.39, 0.29) is 12.5 Å². The van der Waals surface area contributed by atoms with Gasteiger partial charge < -0.3 is 14.5 Å². The standard InChI is InChI=1S/C16H13ClN2O3/c1-10-18-14-8-12(5-6-15(14)22-10)19-16(20)9-21-13-4-2-3-11(17)7-13/h2-8H,9H2,1H3,(H,19,20). The summed E-state index contributed by atoms with van der Waals surface area (Å²) in [6, 6.07) is 12.2. The van der Waals surface area contributed by atoms with Crippen molar-refractivity contribution in [3.05, 3.63) is 53.4 Å². The Balaban J connectivity index is 1.62. The van der Waals surface area contributed by atoms with Gasteiger partial charge in [-0.25, -0.2) is 4.98 Å². The third-order valence-corrected chi connectivity index (χ3v) is 3.18. The van der Waals surface area contributed by atoms with Gasteiger partial charge in [0, 0.05) is 17.6 Å². The summed E-state index contributed by atoms with van der Waals surface area (Å²) in [5, 5.41) is 3.31. The zero-order valence-electron chi connectivity index (χ0n) is 11.8. The maximum Gasteiger partial charge on any atom is 0.262 e. The number of fused-ring (bicyclic) bond motifs is 1. The fourth-order valence-electron chi connectivity index (χ4n) is 2.02. The summed E-state index contributed by atoms with van der Waals surface area (Å²) in [4.78, 5) is 16.1. The van der Waals surface area contributed by atoms with Crippen LogP contribution >= 0.6 is 11.6 Å². The molecule has 0 atom stereocenters. The molecule has 0 radical (unpaired) electrons. The minimum atomic E-state index is -0.264. The van der Waals surface area contributed by atoms with Crippen LogP contribution in [0.3, 0.4) is 0 Å². The van der Waals surface area contributed by atoms with E-state index in [1.54, 1.807) is 49.4 Å². The van der Waals surface area contributed by atoms with Crippen LogP contribution in [0.5, 0.6) is 5.75 Å². The number of carbonyl (C=O) groups excluding carboxylic acids is 1. The molecule has 0 saturated carbocycles. The number of aromatic nitrogens is 1. The van der Waals surface area contributed by atoms with E-state index in [0.717, 1.165) is 0 Å². The van der Waals surface area contributed by atoms with E-state index < -0.39 is 0 Å². The summed E-state index contributed by atoms with van der Waals surface area (Å²) in [7, 11) is 0. The average molecular weight is 317 g/mol. The molecule has 5 nitrogen and oxygen atoms in total. The first-order chi connectivity index (χ1) is 10.6. The highest BCUT2D eigenvalue weighted by molar-refractivity contribution is 6.30. The van der Waals surface area contributed by atoms with Gasteiger partial charge in [-0.3, -0.25) is 4.79 Å². The number of halogens is 1. The molecule has 0 unspecified atom stereocenters. The first kappa shape index (κ1) is 14.4. The van der Waals surface area contributed by atoms with Crippen molar-refractivity contribution in [1.29, 1.82) is 0 Å². The highest BCUT2D eigenvalue weighted by atomic mass is 35.5. The van der Waals surface area contributed by atoms with Crippen LogP contribution in [-0.4, -0.2) is 17.5 Å². The Bertz CT molecular complexity index is 829. The second-order valence-electron chi connectivity index (χ2n) is 4.71. The second kappa shape index (κ2) is 6.07. The van der Waals surface area contributed by atoms with Crippen LogP contribution < -0.4 is 10.1 Å².